The number of Topliss-reactive ketones (excluding diaryl/α,β-unsaturated/α-hetero) is 1. The summed E-state index contributed by atoms with van der Waals surface area (Å²) in [5.74, 6) is -0.534. The molecule has 1 atom stereocenters. The highest BCUT2D eigenvalue weighted by Crippen LogP contribution is 2.39. The van der Waals surface area contributed by atoms with Crippen molar-refractivity contribution >= 4 is 46.3 Å². The van der Waals surface area contributed by atoms with E-state index in [0.717, 1.165) is 5.56 Å². The van der Waals surface area contributed by atoms with Crippen molar-refractivity contribution in [1.29, 1.82) is 0 Å². The summed E-state index contributed by atoms with van der Waals surface area (Å²) in [5.41, 5.74) is 1.55. The minimum Gasteiger partial charge on any atom is -0.495 e. The molecule has 0 aliphatic rings. The Morgan fingerprint density at radius 3 is 2.39 bits per heavy atom. The van der Waals surface area contributed by atoms with Crippen molar-refractivity contribution in [3.05, 3.63) is 45.9 Å². The van der Waals surface area contributed by atoms with Crippen LogP contribution in [0.2, 0.25) is 10.0 Å². The second-order valence-electron chi connectivity index (χ2n) is 5.81. The van der Waals surface area contributed by atoms with Crippen LogP contribution < -0.4 is 14.8 Å². The number of rotatable bonds is 7. The summed E-state index contributed by atoms with van der Waals surface area (Å²) in [6, 6.07) is 6.81. The molecular weight excluding hydrogens is 405 g/mol. The molecule has 2 aromatic carbocycles. The minimum absolute atomic E-state index is 0.195. The quantitative estimate of drug-likeness (QED) is 0.501. The molecule has 9 heteroatoms. The molecule has 0 spiro atoms. The van der Waals surface area contributed by atoms with Crippen molar-refractivity contribution in [1.82, 2.24) is 0 Å². The molecule has 0 aliphatic carbocycles. The van der Waals surface area contributed by atoms with Crippen LogP contribution in [0.4, 0.5) is 11.4 Å². The minimum atomic E-state index is -1.33. The van der Waals surface area contributed by atoms with Crippen LogP contribution in [0.1, 0.15) is 12.5 Å². The van der Waals surface area contributed by atoms with Gasteiger partial charge in [-0.2, -0.15) is 10.2 Å². The highest BCUT2D eigenvalue weighted by Gasteiger charge is 2.25. The highest BCUT2D eigenvalue weighted by atomic mass is 35.5. The molecule has 0 saturated carbocycles. The summed E-state index contributed by atoms with van der Waals surface area (Å²) in [6.45, 7) is 3.06. The van der Waals surface area contributed by atoms with E-state index in [2.05, 4.69) is 15.5 Å². The van der Waals surface area contributed by atoms with Gasteiger partial charge in [-0.15, -0.1) is 0 Å². The molecule has 0 aliphatic heterocycles. The second-order valence-corrected chi connectivity index (χ2v) is 6.63. The standard InChI is InChI=1S/C19H19Cl2N3O4/c1-10-9-12(20)5-6-13(10)23-24-17(11(2)25)19(26)22-14-7-8-15(27-3)16(21)18(14)28-4/h5-9,17H,1-4H3,(H,22,26). The molecule has 0 aromatic heterocycles. The summed E-state index contributed by atoms with van der Waals surface area (Å²) in [7, 11) is 2.87. The molecule has 2 aromatic rings. The van der Waals surface area contributed by atoms with E-state index in [9.17, 15) is 9.59 Å². The fraction of sp³-hybridized carbons (Fsp3) is 0.263. The number of nitrogens with zero attached hydrogens (tertiary/aromatic N) is 2. The molecule has 28 heavy (non-hydrogen) atoms. The first kappa shape index (κ1) is 21.7. The number of nitrogens with one attached hydrogen (secondary N) is 1. The number of azo groups is 1. The molecule has 2 rings (SSSR count). The maximum absolute atomic E-state index is 12.6. The van der Waals surface area contributed by atoms with Gasteiger partial charge in [0, 0.05) is 5.02 Å². The van der Waals surface area contributed by atoms with Gasteiger partial charge in [0.15, 0.2) is 11.5 Å². The molecule has 1 N–H and O–H groups in total. The van der Waals surface area contributed by atoms with Crippen LogP contribution in [0.5, 0.6) is 11.5 Å². The average Bonchev–Trinajstić information content (AvgIpc) is 2.63. The van der Waals surface area contributed by atoms with E-state index in [1.54, 1.807) is 37.3 Å². The van der Waals surface area contributed by atoms with Crippen molar-refractivity contribution in [2.24, 2.45) is 10.2 Å². The zero-order valence-corrected chi connectivity index (χ0v) is 17.3. The number of benzene rings is 2. The van der Waals surface area contributed by atoms with Crippen molar-refractivity contribution in [3.8, 4) is 11.5 Å². The van der Waals surface area contributed by atoms with Gasteiger partial charge < -0.3 is 14.8 Å². The van der Waals surface area contributed by atoms with Gasteiger partial charge in [0.25, 0.3) is 5.91 Å². The van der Waals surface area contributed by atoms with E-state index in [1.165, 1.54) is 21.1 Å². The van der Waals surface area contributed by atoms with Gasteiger partial charge in [-0.25, -0.2) is 0 Å². The van der Waals surface area contributed by atoms with E-state index in [0.29, 0.717) is 16.5 Å². The number of amides is 1. The van der Waals surface area contributed by atoms with Gasteiger partial charge in [-0.05, 0) is 49.7 Å². The molecule has 1 amide bonds. The van der Waals surface area contributed by atoms with Crippen LogP contribution in [0, 0.1) is 6.92 Å². The lowest BCUT2D eigenvalue weighted by Gasteiger charge is -2.15. The molecule has 1 unspecified atom stereocenters. The average molecular weight is 424 g/mol. The van der Waals surface area contributed by atoms with Gasteiger partial charge in [0.05, 0.1) is 25.6 Å². The van der Waals surface area contributed by atoms with Crippen molar-refractivity contribution in [3.63, 3.8) is 0 Å². The first-order chi connectivity index (χ1) is 13.3. The zero-order valence-electron chi connectivity index (χ0n) is 15.7. The maximum atomic E-state index is 12.6. The van der Waals surface area contributed by atoms with Crippen LogP contribution in [-0.4, -0.2) is 32.0 Å². The number of hydrogen-bond acceptors (Lipinski definition) is 6. The number of carbonyl (C=O) groups excluding carboxylic acids is 2. The summed E-state index contributed by atoms with van der Waals surface area (Å²) in [6.07, 6.45) is 0. The van der Waals surface area contributed by atoms with Gasteiger partial charge in [-0.1, -0.05) is 23.2 Å². The Morgan fingerprint density at radius 1 is 1.11 bits per heavy atom. The van der Waals surface area contributed by atoms with E-state index in [-0.39, 0.29) is 16.5 Å². The van der Waals surface area contributed by atoms with E-state index < -0.39 is 17.7 Å². The van der Waals surface area contributed by atoms with Crippen molar-refractivity contribution in [2.75, 3.05) is 19.5 Å². The topological polar surface area (TPSA) is 89.4 Å². The second kappa shape index (κ2) is 9.52. The monoisotopic (exact) mass is 423 g/mol. The van der Waals surface area contributed by atoms with Crippen LogP contribution in [0.15, 0.2) is 40.6 Å². The number of halogens is 2. The van der Waals surface area contributed by atoms with Gasteiger partial charge in [0.2, 0.25) is 6.04 Å². The molecule has 0 radical (unpaired) electrons. The number of hydrogen-bond donors (Lipinski definition) is 1. The molecule has 7 nitrogen and oxygen atoms in total. The third-order valence-electron chi connectivity index (χ3n) is 3.82. The van der Waals surface area contributed by atoms with E-state index >= 15 is 0 Å². The molecule has 0 heterocycles. The van der Waals surface area contributed by atoms with Gasteiger partial charge in [0.1, 0.15) is 10.8 Å². The predicted octanol–water partition coefficient (Wildman–Crippen LogP) is 5.00. The zero-order chi connectivity index (χ0) is 20.8. The largest absolute Gasteiger partial charge is 0.495 e. The fourth-order valence-corrected chi connectivity index (χ4v) is 2.91. The number of methoxy groups -OCH3 is 2. The Kier molecular flexibility index (Phi) is 7.37. The summed E-state index contributed by atoms with van der Waals surface area (Å²) < 4.78 is 10.4. The molecule has 0 bridgehead atoms. The number of carbonyl (C=O) groups is 2. The first-order valence-corrected chi connectivity index (χ1v) is 8.92. The Labute approximate surface area is 172 Å². The van der Waals surface area contributed by atoms with E-state index in [1.807, 2.05) is 0 Å². The molecule has 0 saturated heterocycles. The summed E-state index contributed by atoms with van der Waals surface area (Å²) in [5, 5.41) is 11.3. The van der Waals surface area contributed by atoms with Gasteiger partial charge >= 0.3 is 0 Å². The summed E-state index contributed by atoms with van der Waals surface area (Å²) in [4.78, 5) is 24.6. The lowest BCUT2D eigenvalue weighted by Crippen LogP contribution is -2.32. The lowest BCUT2D eigenvalue weighted by molar-refractivity contribution is -0.126. The predicted molar refractivity (Wildman–Crippen MR) is 108 cm³/mol. The number of ketones is 1. The van der Waals surface area contributed by atoms with Crippen LogP contribution in [0.3, 0.4) is 0 Å². The number of anilines is 1. The van der Waals surface area contributed by atoms with Crippen molar-refractivity contribution < 1.29 is 19.1 Å². The first-order valence-electron chi connectivity index (χ1n) is 8.17. The smallest absolute Gasteiger partial charge is 0.258 e. The van der Waals surface area contributed by atoms with Crippen LogP contribution in [-0.2, 0) is 9.59 Å². The number of aryl methyl sites for hydroxylation is 1. The summed E-state index contributed by atoms with van der Waals surface area (Å²) >= 11 is 12.1. The third-order valence-corrected chi connectivity index (χ3v) is 4.41. The Bertz CT molecular complexity index is 932. The van der Waals surface area contributed by atoms with Crippen LogP contribution >= 0.6 is 23.2 Å². The SMILES string of the molecule is COc1ccc(NC(=O)C(N=Nc2ccc(Cl)cc2C)C(C)=O)c(OC)c1Cl. The molecule has 0 fully saturated rings. The molecule has 148 valence electrons. The normalized spacial score (nSPS) is 11.9. The maximum Gasteiger partial charge on any atom is 0.258 e. The number of ether oxygens (including phenoxy) is 2. The Morgan fingerprint density at radius 2 is 1.82 bits per heavy atom. The van der Waals surface area contributed by atoms with Gasteiger partial charge in [-0.3, -0.25) is 9.59 Å². The van der Waals surface area contributed by atoms with Crippen molar-refractivity contribution in [2.45, 2.75) is 19.9 Å². The third kappa shape index (κ3) is 4.99. The fourth-order valence-electron chi connectivity index (χ4n) is 2.36. The molecular formula is C19H19Cl2N3O4. The Hall–Kier alpha value is -2.64. The Balaban J connectivity index is 2.28. The lowest BCUT2D eigenvalue weighted by atomic mass is 10.2. The van der Waals surface area contributed by atoms with Crippen LogP contribution in [0.25, 0.3) is 0 Å². The van der Waals surface area contributed by atoms with E-state index in [4.69, 9.17) is 32.7 Å². The highest BCUT2D eigenvalue weighted by molar-refractivity contribution is 6.34.